The summed E-state index contributed by atoms with van der Waals surface area (Å²) in [4.78, 5) is 27.6. The normalized spacial score (nSPS) is 11.0. The van der Waals surface area contributed by atoms with Crippen LogP contribution in [0.4, 0.5) is 4.39 Å². The lowest BCUT2D eigenvalue weighted by Crippen LogP contribution is -2.11. The number of benzene rings is 3. The fourth-order valence-corrected chi connectivity index (χ4v) is 4.21. The van der Waals surface area contributed by atoms with Crippen molar-refractivity contribution in [2.75, 3.05) is 6.61 Å². The minimum absolute atomic E-state index is 0.113. The Morgan fingerprint density at radius 3 is 2.53 bits per heavy atom. The summed E-state index contributed by atoms with van der Waals surface area (Å²) in [6.45, 7) is -0.220. The summed E-state index contributed by atoms with van der Waals surface area (Å²) in [5, 5.41) is 10.2. The van der Waals surface area contributed by atoms with Crippen molar-refractivity contribution in [3.8, 4) is 17.2 Å². The van der Waals surface area contributed by atoms with E-state index in [-0.39, 0.29) is 17.1 Å². The van der Waals surface area contributed by atoms with E-state index in [2.05, 4.69) is 4.98 Å². The maximum absolute atomic E-state index is 14.1. The van der Waals surface area contributed by atoms with Crippen LogP contribution in [0, 0.1) is 5.82 Å². The van der Waals surface area contributed by atoms with Gasteiger partial charge in [-0.1, -0.05) is 30.3 Å². The molecule has 9 heteroatoms. The van der Waals surface area contributed by atoms with Crippen LogP contribution in [0.1, 0.15) is 15.9 Å². The van der Waals surface area contributed by atoms with Gasteiger partial charge in [0.15, 0.2) is 18.2 Å². The number of aliphatic carboxylic acids is 1. The Balaban J connectivity index is 1.63. The number of amides is 1. The quantitative estimate of drug-likeness (QED) is 0.328. The number of pyridine rings is 1. The third-order valence-corrected chi connectivity index (χ3v) is 5.69. The molecule has 2 aromatic heterocycles. The number of fused-ring (bicyclic) bond motifs is 3. The van der Waals surface area contributed by atoms with Crippen LogP contribution in [0.3, 0.4) is 0 Å². The van der Waals surface area contributed by atoms with Gasteiger partial charge in [0, 0.05) is 17.5 Å². The second-order valence-corrected chi connectivity index (χ2v) is 8.04. The molecule has 0 aliphatic heterocycles. The van der Waals surface area contributed by atoms with Crippen molar-refractivity contribution in [2.45, 2.75) is 6.54 Å². The van der Waals surface area contributed by atoms with Gasteiger partial charge in [0.2, 0.25) is 5.91 Å². The van der Waals surface area contributed by atoms with Crippen LogP contribution in [-0.2, 0) is 11.3 Å². The highest BCUT2D eigenvalue weighted by atomic mass is 19.1. The van der Waals surface area contributed by atoms with E-state index in [1.165, 1.54) is 12.3 Å². The number of primary amides is 1. The first kappa shape index (κ1) is 22.9. The number of hydrogen-bond acceptors (Lipinski definition) is 5. The van der Waals surface area contributed by atoms with Crippen molar-refractivity contribution in [2.24, 2.45) is 5.73 Å². The first-order chi connectivity index (χ1) is 17.4. The smallest absolute Gasteiger partial charge is 0.341 e. The molecule has 0 bridgehead atoms. The number of carboxylic acid groups (broad SMARTS) is 1. The maximum Gasteiger partial charge on any atom is 0.341 e. The number of para-hydroxylation sites is 1. The Labute approximate surface area is 204 Å². The summed E-state index contributed by atoms with van der Waals surface area (Å²) >= 11 is 0. The zero-order valence-corrected chi connectivity index (χ0v) is 18.8. The first-order valence-electron chi connectivity index (χ1n) is 11.0. The summed E-state index contributed by atoms with van der Waals surface area (Å²) in [5.74, 6) is -1.44. The summed E-state index contributed by atoms with van der Waals surface area (Å²) in [7, 11) is 0. The highest BCUT2D eigenvalue weighted by Crippen LogP contribution is 2.37. The molecular weight excluding hydrogens is 465 g/mol. The van der Waals surface area contributed by atoms with E-state index in [0.29, 0.717) is 34.1 Å². The topological polar surface area (TPSA) is 117 Å². The van der Waals surface area contributed by atoms with Gasteiger partial charge in [-0.05, 0) is 42.0 Å². The Morgan fingerprint density at radius 2 is 1.75 bits per heavy atom. The monoisotopic (exact) mass is 485 g/mol. The molecule has 0 radical (unpaired) electrons. The van der Waals surface area contributed by atoms with Crippen molar-refractivity contribution < 1.29 is 28.6 Å². The van der Waals surface area contributed by atoms with E-state index in [4.69, 9.17) is 20.3 Å². The SMILES string of the molecule is NC(=O)c1cccc2c1c1c(OCC(=O)O)cncc1n2Cc1cccc(Oc2ccccc2F)c1. The average Bonchev–Trinajstić information content (AvgIpc) is 3.18. The summed E-state index contributed by atoms with van der Waals surface area (Å²) in [6.07, 6.45) is 3.03. The molecule has 180 valence electrons. The molecule has 2 heterocycles. The Morgan fingerprint density at radius 1 is 0.944 bits per heavy atom. The maximum atomic E-state index is 14.1. The first-order valence-corrected chi connectivity index (χ1v) is 11.0. The van der Waals surface area contributed by atoms with Crippen LogP contribution in [-0.4, -0.2) is 33.1 Å². The van der Waals surface area contributed by atoms with Gasteiger partial charge in [0.05, 0.1) is 28.8 Å². The van der Waals surface area contributed by atoms with E-state index in [9.17, 15) is 14.0 Å². The molecule has 0 saturated heterocycles. The molecule has 0 spiro atoms. The molecule has 0 unspecified atom stereocenters. The van der Waals surface area contributed by atoms with Gasteiger partial charge in [-0.2, -0.15) is 0 Å². The van der Waals surface area contributed by atoms with Gasteiger partial charge < -0.3 is 24.9 Å². The number of aromatic nitrogens is 2. The second-order valence-electron chi connectivity index (χ2n) is 8.04. The van der Waals surface area contributed by atoms with Crippen molar-refractivity contribution in [1.82, 2.24) is 9.55 Å². The van der Waals surface area contributed by atoms with Crippen LogP contribution >= 0.6 is 0 Å². The van der Waals surface area contributed by atoms with E-state index < -0.39 is 24.3 Å². The number of carboxylic acids is 1. The van der Waals surface area contributed by atoms with Crippen molar-refractivity contribution in [1.29, 1.82) is 0 Å². The standard InChI is InChI=1S/C27H20FN3O5/c28-19-8-1-2-10-22(19)36-17-6-3-5-16(11-17)14-31-20-9-4-7-18(27(29)34)25(20)26-21(31)12-30-13-23(26)35-15-24(32)33/h1-13H,14-15H2,(H2,29,34)(H,32,33). The van der Waals surface area contributed by atoms with Crippen LogP contribution in [0.2, 0.25) is 0 Å². The van der Waals surface area contributed by atoms with E-state index in [1.807, 2.05) is 16.7 Å². The number of carbonyl (C=O) groups excluding carboxylic acids is 1. The van der Waals surface area contributed by atoms with Crippen LogP contribution < -0.4 is 15.2 Å². The number of nitrogens with zero attached hydrogens (tertiary/aromatic N) is 2. The molecule has 0 fully saturated rings. The van der Waals surface area contributed by atoms with E-state index >= 15 is 0 Å². The van der Waals surface area contributed by atoms with Gasteiger partial charge in [-0.25, -0.2) is 9.18 Å². The predicted octanol–water partition coefficient (Wildman–Crippen LogP) is 4.73. The lowest BCUT2D eigenvalue weighted by Gasteiger charge is -2.11. The third-order valence-electron chi connectivity index (χ3n) is 5.69. The second kappa shape index (κ2) is 9.38. The largest absolute Gasteiger partial charge is 0.480 e. The predicted molar refractivity (Wildman–Crippen MR) is 131 cm³/mol. The number of rotatable bonds is 8. The number of halogens is 1. The molecule has 5 rings (SSSR count). The molecule has 0 aliphatic carbocycles. The number of ether oxygens (including phenoxy) is 2. The highest BCUT2D eigenvalue weighted by Gasteiger charge is 2.20. The van der Waals surface area contributed by atoms with Gasteiger partial charge in [0.1, 0.15) is 11.5 Å². The fourth-order valence-electron chi connectivity index (χ4n) is 4.21. The molecule has 3 N–H and O–H groups in total. The lowest BCUT2D eigenvalue weighted by molar-refractivity contribution is -0.139. The molecule has 8 nitrogen and oxygen atoms in total. The summed E-state index contributed by atoms with van der Waals surface area (Å²) < 4.78 is 27.2. The van der Waals surface area contributed by atoms with Crippen molar-refractivity contribution >= 4 is 33.7 Å². The van der Waals surface area contributed by atoms with Crippen LogP contribution in [0.15, 0.2) is 79.1 Å². The molecule has 36 heavy (non-hydrogen) atoms. The van der Waals surface area contributed by atoms with E-state index in [1.54, 1.807) is 54.7 Å². The minimum Gasteiger partial charge on any atom is -0.480 e. The molecule has 0 saturated carbocycles. The molecule has 0 atom stereocenters. The molecule has 3 aromatic carbocycles. The molecule has 5 aromatic rings. The zero-order valence-electron chi connectivity index (χ0n) is 18.8. The Hall–Kier alpha value is -4.92. The van der Waals surface area contributed by atoms with Gasteiger partial charge in [0.25, 0.3) is 0 Å². The summed E-state index contributed by atoms with van der Waals surface area (Å²) in [5.41, 5.74) is 8.10. The third kappa shape index (κ3) is 4.29. The van der Waals surface area contributed by atoms with Gasteiger partial charge in [-0.3, -0.25) is 9.78 Å². The molecule has 0 aliphatic rings. The van der Waals surface area contributed by atoms with Crippen LogP contribution in [0.25, 0.3) is 21.8 Å². The van der Waals surface area contributed by atoms with E-state index in [0.717, 1.165) is 5.56 Å². The number of nitrogens with two attached hydrogens (primary N) is 1. The number of carbonyl (C=O) groups is 2. The van der Waals surface area contributed by atoms with Crippen molar-refractivity contribution in [3.63, 3.8) is 0 Å². The minimum atomic E-state index is -1.14. The van der Waals surface area contributed by atoms with Crippen LogP contribution in [0.5, 0.6) is 17.2 Å². The Kier molecular flexibility index (Phi) is 5.95. The number of hydrogen-bond donors (Lipinski definition) is 2. The average molecular weight is 485 g/mol. The fraction of sp³-hybridized carbons (Fsp3) is 0.0741. The van der Waals surface area contributed by atoms with Gasteiger partial charge >= 0.3 is 5.97 Å². The Bertz CT molecular complexity index is 1630. The van der Waals surface area contributed by atoms with Gasteiger partial charge in [-0.15, -0.1) is 0 Å². The van der Waals surface area contributed by atoms with Crippen molar-refractivity contribution in [3.05, 3.63) is 96.1 Å². The highest BCUT2D eigenvalue weighted by molar-refractivity contribution is 6.19. The molecule has 1 amide bonds. The zero-order chi connectivity index (χ0) is 25.2. The molecular formula is C27H20FN3O5. The summed E-state index contributed by atoms with van der Waals surface area (Å²) in [6, 6.07) is 18.5. The lowest BCUT2D eigenvalue weighted by atomic mass is 10.1.